The van der Waals surface area contributed by atoms with Gasteiger partial charge in [0.2, 0.25) is 5.91 Å². The van der Waals surface area contributed by atoms with Gasteiger partial charge in [-0.25, -0.2) is 4.79 Å². The monoisotopic (exact) mass is 381 g/mol. The molecule has 8 heteroatoms. The number of hydrogen-bond donors (Lipinski definition) is 2. The van der Waals surface area contributed by atoms with E-state index in [2.05, 4.69) is 10.3 Å². The number of ether oxygens (including phenoxy) is 2. The lowest BCUT2D eigenvalue weighted by Gasteiger charge is -2.13. The molecule has 144 valence electrons. The molecule has 0 unspecified atom stereocenters. The first-order valence-electron chi connectivity index (χ1n) is 8.64. The summed E-state index contributed by atoms with van der Waals surface area (Å²) < 4.78 is 12.3. The summed E-state index contributed by atoms with van der Waals surface area (Å²) in [6.45, 7) is 2.24. The van der Waals surface area contributed by atoms with E-state index >= 15 is 0 Å². The first-order valence-corrected chi connectivity index (χ1v) is 8.64. The van der Waals surface area contributed by atoms with Gasteiger partial charge in [0.25, 0.3) is 5.56 Å². The van der Waals surface area contributed by atoms with Crippen LogP contribution in [0.5, 0.6) is 17.2 Å². The highest BCUT2D eigenvalue weighted by molar-refractivity contribution is 5.92. The number of nitrogens with zero attached hydrogens (tertiary/aromatic N) is 1. The highest BCUT2D eigenvalue weighted by Crippen LogP contribution is 2.30. The maximum absolute atomic E-state index is 12.3. The molecule has 28 heavy (non-hydrogen) atoms. The van der Waals surface area contributed by atoms with Gasteiger partial charge in [-0.3, -0.25) is 19.1 Å². The first kappa shape index (κ1) is 19.0. The number of rotatable bonds is 7. The number of carbonyl (C=O) groups excluding carboxylic acids is 1. The molecule has 0 aliphatic heterocycles. The molecule has 1 heterocycles. The Morgan fingerprint density at radius 2 is 1.75 bits per heavy atom. The van der Waals surface area contributed by atoms with E-state index in [-0.39, 0.29) is 6.54 Å². The molecule has 0 bridgehead atoms. The van der Waals surface area contributed by atoms with Gasteiger partial charge in [-0.1, -0.05) is 12.1 Å². The predicted octanol–water partition coefficient (Wildman–Crippen LogP) is 2.37. The normalized spacial score (nSPS) is 10.3. The van der Waals surface area contributed by atoms with Crippen LogP contribution >= 0.6 is 0 Å². The molecule has 1 amide bonds. The van der Waals surface area contributed by atoms with Crippen LogP contribution in [0.4, 0.5) is 5.69 Å². The number of aromatic nitrogens is 2. The smallest absolute Gasteiger partial charge is 0.328 e. The van der Waals surface area contributed by atoms with Gasteiger partial charge in [0.1, 0.15) is 18.0 Å². The van der Waals surface area contributed by atoms with Crippen molar-refractivity contribution in [1.82, 2.24) is 9.55 Å². The molecule has 2 aromatic carbocycles. The van der Waals surface area contributed by atoms with Gasteiger partial charge in [0.05, 0.1) is 12.3 Å². The SMILES string of the molecule is CCOc1ccc(Oc2ccccc2NC(=O)Cn2ccc(=O)[nH]c2=O)cc1. The minimum absolute atomic E-state index is 0.243. The number of carbonyl (C=O) groups is 1. The van der Waals surface area contributed by atoms with E-state index in [1.54, 1.807) is 48.5 Å². The second-order valence-electron chi connectivity index (χ2n) is 5.79. The van der Waals surface area contributed by atoms with Crippen LogP contribution in [-0.4, -0.2) is 22.1 Å². The molecule has 0 aliphatic carbocycles. The number of para-hydroxylation sites is 2. The summed E-state index contributed by atoms with van der Waals surface area (Å²) in [6.07, 6.45) is 1.27. The van der Waals surface area contributed by atoms with E-state index in [1.165, 1.54) is 12.3 Å². The highest BCUT2D eigenvalue weighted by Gasteiger charge is 2.10. The van der Waals surface area contributed by atoms with Crippen molar-refractivity contribution in [1.29, 1.82) is 0 Å². The van der Waals surface area contributed by atoms with Crippen molar-refractivity contribution in [2.24, 2.45) is 0 Å². The van der Waals surface area contributed by atoms with Crippen molar-refractivity contribution in [3.8, 4) is 17.2 Å². The zero-order valence-corrected chi connectivity index (χ0v) is 15.2. The lowest BCUT2D eigenvalue weighted by molar-refractivity contribution is -0.116. The fraction of sp³-hybridized carbons (Fsp3) is 0.150. The summed E-state index contributed by atoms with van der Waals surface area (Å²) in [4.78, 5) is 37.2. The van der Waals surface area contributed by atoms with Crippen molar-refractivity contribution >= 4 is 11.6 Å². The van der Waals surface area contributed by atoms with Gasteiger partial charge in [-0.05, 0) is 43.3 Å². The van der Waals surface area contributed by atoms with Crippen molar-refractivity contribution < 1.29 is 14.3 Å². The maximum atomic E-state index is 12.3. The topological polar surface area (TPSA) is 102 Å². The standard InChI is InChI=1S/C20H19N3O5/c1-2-27-14-7-9-15(10-8-14)28-17-6-4-3-5-16(17)21-19(25)13-23-12-11-18(24)22-20(23)26/h3-12H,2,13H2,1H3,(H,21,25)(H,22,24,26). The summed E-state index contributed by atoms with van der Waals surface area (Å²) in [7, 11) is 0. The molecule has 0 radical (unpaired) electrons. The quantitative estimate of drug-likeness (QED) is 0.654. The molecule has 3 rings (SSSR count). The van der Waals surface area contributed by atoms with Gasteiger partial charge in [-0.2, -0.15) is 0 Å². The van der Waals surface area contributed by atoms with Crippen LogP contribution in [0.3, 0.4) is 0 Å². The van der Waals surface area contributed by atoms with Crippen molar-refractivity contribution in [2.75, 3.05) is 11.9 Å². The Bertz CT molecular complexity index is 1070. The Kier molecular flexibility index (Phi) is 5.91. The predicted molar refractivity (Wildman–Crippen MR) is 104 cm³/mol. The van der Waals surface area contributed by atoms with Crippen molar-refractivity contribution in [2.45, 2.75) is 13.5 Å². The molecule has 0 saturated heterocycles. The van der Waals surface area contributed by atoms with Crippen LogP contribution in [0.15, 0.2) is 70.4 Å². The molecular formula is C20H19N3O5. The van der Waals surface area contributed by atoms with Gasteiger partial charge < -0.3 is 14.8 Å². The second kappa shape index (κ2) is 8.72. The highest BCUT2D eigenvalue weighted by atomic mass is 16.5. The Hall–Kier alpha value is -3.81. The third-order valence-electron chi connectivity index (χ3n) is 3.73. The molecule has 0 fully saturated rings. The number of anilines is 1. The minimum atomic E-state index is -0.651. The maximum Gasteiger partial charge on any atom is 0.328 e. The molecule has 3 aromatic rings. The van der Waals surface area contributed by atoms with E-state index in [1.807, 2.05) is 6.92 Å². The molecule has 8 nitrogen and oxygen atoms in total. The number of amides is 1. The summed E-state index contributed by atoms with van der Waals surface area (Å²) >= 11 is 0. The molecule has 2 N–H and O–H groups in total. The summed E-state index contributed by atoms with van der Waals surface area (Å²) in [6, 6.07) is 15.3. The molecule has 0 saturated carbocycles. The molecule has 1 aromatic heterocycles. The fourth-order valence-electron chi connectivity index (χ4n) is 2.47. The first-order chi connectivity index (χ1) is 13.5. The largest absolute Gasteiger partial charge is 0.494 e. The minimum Gasteiger partial charge on any atom is -0.494 e. The number of aromatic amines is 1. The zero-order chi connectivity index (χ0) is 19.9. The lowest BCUT2D eigenvalue weighted by atomic mass is 10.2. The average molecular weight is 381 g/mol. The van der Waals surface area contributed by atoms with Crippen LogP contribution in [0, 0.1) is 0 Å². The molecule has 0 atom stereocenters. The van der Waals surface area contributed by atoms with Crippen LogP contribution in [0.25, 0.3) is 0 Å². The van der Waals surface area contributed by atoms with Gasteiger partial charge >= 0.3 is 5.69 Å². The van der Waals surface area contributed by atoms with E-state index in [0.29, 0.717) is 23.8 Å². The summed E-state index contributed by atoms with van der Waals surface area (Å²) in [5, 5.41) is 2.71. The molecule has 0 spiro atoms. The van der Waals surface area contributed by atoms with Crippen LogP contribution in [0.2, 0.25) is 0 Å². The number of benzene rings is 2. The van der Waals surface area contributed by atoms with E-state index in [0.717, 1.165) is 10.3 Å². The third-order valence-corrected chi connectivity index (χ3v) is 3.73. The Morgan fingerprint density at radius 3 is 2.46 bits per heavy atom. The zero-order valence-electron chi connectivity index (χ0n) is 15.2. The Balaban J connectivity index is 1.71. The van der Waals surface area contributed by atoms with Crippen LogP contribution in [0.1, 0.15) is 6.92 Å². The van der Waals surface area contributed by atoms with E-state index in [9.17, 15) is 14.4 Å². The van der Waals surface area contributed by atoms with E-state index in [4.69, 9.17) is 9.47 Å². The van der Waals surface area contributed by atoms with Gasteiger partial charge in [-0.15, -0.1) is 0 Å². The number of nitrogens with one attached hydrogen (secondary N) is 2. The second-order valence-corrected chi connectivity index (χ2v) is 5.79. The molecular weight excluding hydrogens is 362 g/mol. The summed E-state index contributed by atoms with van der Waals surface area (Å²) in [5.74, 6) is 1.34. The fourth-order valence-corrected chi connectivity index (χ4v) is 2.47. The summed E-state index contributed by atoms with van der Waals surface area (Å²) in [5.41, 5.74) is -0.712. The van der Waals surface area contributed by atoms with Gasteiger partial charge in [0, 0.05) is 12.3 Å². The van der Waals surface area contributed by atoms with Crippen molar-refractivity contribution in [3.63, 3.8) is 0 Å². The van der Waals surface area contributed by atoms with Gasteiger partial charge in [0.15, 0.2) is 5.75 Å². The van der Waals surface area contributed by atoms with E-state index < -0.39 is 17.2 Å². The average Bonchev–Trinajstić information content (AvgIpc) is 2.67. The lowest BCUT2D eigenvalue weighted by Crippen LogP contribution is -2.32. The number of hydrogen-bond acceptors (Lipinski definition) is 5. The van der Waals surface area contributed by atoms with Crippen molar-refractivity contribution in [3.05, 3.63) is 81.6 Å². The van der Waals surface area contributed by atoms with Crippen LogP contribution < -0.4 is 26.0 Å². The molecule has 0 aliphatic rings. The Labute approximate surface area is 160 Å². The third kappa shape index (κ3) is 4.88. The number of H-pyrrole nitrogens is 1. The Morgan fingerprint density at radius 1 is 1.04 bits per heavy atom. The van der Waals surface area contributed by atoms with Crippen LogP contribution in [-0.2, 0) is 11.3 Å².